The fourth-order valence-electron chi connectivity index (χ4n) is 2.63. The number of halogens is 1. The molecule has 0 aliphatic carbocycles. The summed E-state index contributed by atoms with van der Waals surface area (Å²) in [6, 6.07) is 12.2. The maximum Gasteiger partial charge on any atom is 0.0964 e. The highest BCUT2D eigenvalue weighted by Crippen LogP contribution is 2.26. The number of fused-ring (bicyclic) bond motifs is 1. The molecule has 3 nitrogen and oxygen atoms in total. The number of aromatic nitrogens is 2. The third kappa shape index (κ3) is 2.55. The first-order valence-electron chi connectivity index (χ1n) is 6.99. The smallest absolute Gasteiger partial charge is 0.0964 e. The molecule has 0 radical (unpaired) electrons. The molecular weight excluding hydrogens is 282 g/mol. The highest BCUT2D eigenvalue weighted by molar-refractivity contribution is 6.30. The minimum atomic E-state index is 0.0642. The van der Waals surface area contributed by atoms with Crippen LogP contribution in [-0.2, 0) is 0 Å². The largest absolute Gasteiger partial charge is 0.328 e. The van der Waals surface area contributed by atoms with E-state index in [2.05, 4.69) is 35.5 Å². The van der Waals surface area contributed by atoms with E-state index in [0.29, 0.717) is 6.54 Å². The van der Waals surface area contributed by atoms with Gasteiger partial charge in [-0.2, -0.15) is 0 Å². The molecule has 1 unspecified atom stereocenters. The average molecular weight is 300 g/mol. The van der Waals surface area contributed by atoms with Crippen molar-refractivity contribution < 1.29 is 0 Å². The van der Waals surface area contributed by atoms with E-state index in [1.54, 1.807) is 0 Å². The molecule has 1 heterocycles. The van der Waals surface area contributed by atoms with E-state index < -0.39 is 0 Å². The molecule has 0 aliphatic heterocycles. The molecule has 108 valence electrons. The van der Waals surface area contributed by atoms with E-state index in [-0.39, 0.29) is 6.04 Å². The first-order chi connectivity index (χ1) is 10.1. The first kappa shape index (κ1) is 14.1. The molecule has 0 aliphatic rings. The van der Waals surface area contributed by atoms with Gasteiger partial charge in [-0.3, -0.25) is 0 Å². The summed E-state index contributed by atoms with van der Waals surface area (Å²) in [6.45, 7) is 4.74. The number of imidazole rings is 1. The van der Waals surface area contributed by atoms with Gasteiger partial charge in [0, 0.05) is 11.6 Å². The number of nitrogens with zero attached hydrogens (tertiary/aromatic N) is 2. The van der Waals surface area contributed by atoms with Gasteiger partial charge >= 0.3 is 0 Å². The Balaban J connectivity index is 2.13. The second-order valence-corrected chi connectivity index (χ2v) is 5.82. The summed E-state index contributed by atoms with van der Waals surface area (Å²) in [6.07, 6.45) is 1.87. The highest BCUT2D eigenvalue weighted by atomic mass is 35.5. The Kier molecular flexibility index (Phi) is 3.70. The van der Waals surface area contributed by atoms with E-state index in [0.717, 1.165) is 21.6 Å². The van der Waals surface area contributed by atoms with Crippen molar-refractivity contribution in [3.05, 3.63) is 64.4 Å². The first-order valence-corrected chi connectivity index (χ1v) is 7.37. The predicted molar refractivity (Wildman–Crippen MR) is 87.9 cm³/mol. The fourth-order valence-corrected chi connectivity index (χ4v) is 2.75. The van der Waals surface area contributed by atoms with Crippen LogP contribution in [0.1, 0.15) is 22.7 Å². The van der Waals surface area contributed by atoms with Gasteiger partial charge < -0.3 is 10.3 Å². The molecule has 0 bridgehead atoms. The van der Waals surface area contributed by atoms with Crippen molar-refractivity contribution in [2.45, 2.75) is 19.9 Å². The Bertz CT molecular complexity index is 775. The molecule has 0 saturated heterocycles. The Morgan fingerprint density at radius 2 is 1.81 bits per heavy atom. The van der Waals surface area contributed by atoms with Gasteiger partial charge in [0.25, 0.3) is 0 Å². The fraction of sp³-hybridized carbons (Fsp3) is 0.235. The summed E-state index contributed by atoms with van der Waals surface area (Å²) in [7, 11) is 0. The van der Waals surface area contributed by atoms with Crippen LogP contribution in [0, 0.1) is 13.8 Å². The van der Waals surface area contributed by atoms with Crippen molar-refractivity contribution in [2.75, 3.05) is 6.54 Å². The second kappa shape index (κ2) is 5.51. The third-order valence-corrected chi connectivity index (χ3v) is 4.26. The van der Waals surface area contributed by atoms with Gasteiger partial charge in [0.2, 0.25) is 0 Å². The molecule has 2 aromatic carbocycles. The topological polar surface area (TPSA) is 43.8 Å². The normalized spacial score (nSPS) is 12.8. The predicted octanol–water partition coefficient (Wildman–Crippen LogP) is 3.85. The summed E-state index contributed by atoms with van der Waals surface area (Å²) in [5.41, 5.74) is 11.8. The Hall–Kier alpha value is -1.84. The number of hydrogen-bond donors (Lipinski definition) is 1. The van der Waals surface area contributed by atoms with Crippen LogP contribution in [0.4, 0.5) is 0 Å². The molecule has 0 fully saturated rings. The lowest BCUT2D eigenvalue weighted by atomic mass is 10.1. The van der Waals surface area contributed by atoms with Crippen LogP contribution in [0.15, 0.2) is 42.7 Å². The van der Waals surface area contributed by atoms with Gasteiger partial charge in [-0.15, -0.1) is 0 Å². The summed E-state index contributed by atoms with van der Waals surface area (Å²) < 4.78 is 2.14. The van der Waals surface area contributed by atoms with Crippen LogP contribution in [-0.4, -0.2) is 16.1 Å². The number of hydrogen-bond acceptors (Lipinski definition) is 2. The zero-order valence-electron chi connectivity index (χ0n) is 12.2. The lowest BCUT2D eigenvalue weighted by molar-refractivity contribution is 0.610. The maximum atomic E-state index is 6.01. The molecule has 0 amide bonds. The van der Waals surface area contributed by atoms with Crippen molar-refractivity contribution in [1.29, 1.82) is 0 Å². The van der Waals surface area contributed by atoms with E-state index in [1.165, 1.54) is 11.1 Å². The zero-order chi connectivity index (χ0) is 15.0. The van der Waals surface area contributed by atoms with Crippen molar-refractivity contribution in [3.8, 4) is 0 Å². The van der Waals surface area contributed by atoms with Crippen molar-refractivity contribution in [1.82, 2.24) is 9.55 Å². The van der Waals surface area contributed by atoms with E-state index in [4.69, 9.17) is 17.3 Å². The standard InChI is InChI=1S/C17H18ClN3/c1-11-7-15-16(8-12(11)2)21(10-20-15)17(9-19)13-3-5-14(18)6-4-13/h3-8,10,17H,9,19H2,1-2H3. The molecule has 1 aromatic heterocycles. The Labute approximate surface area is 129 Å². The molecule has 0 spiro atoms. The van der Waals surface area contributed by atoms with E-state index in [9.17, 15) is 0 Å². The SMILES string of the molecule is Cc1cc2ncn(C(CN)c3ccc(Cl)cc3)c2cc1C. The lowest BCUT2D eigenvalue weighted by Crippen LogP contribution is -2.19. The molecule has 3 aromatic rings. The summed E-state index contributed by atoms with van der Waals surface area (Å²) >= 11 is 5.97. The van der Waals surface area contributed by atoms with Gasteiger partial charge in [-0.25, -0.2) is 4.98 Å². The Morgan fingerprint density at radius 3 is 2.48 bits per heavy atom. The van der Waals surface area contributed by atoms with Gasteiger partial charge in [0.05, 0.1) is 23.4 Å². The minimum absolute atomic E-state index is 0.0642. The van der Waals surface area contributed by atoms with Crippen LogP contribution in [0.2, 0.25) is 5.02 Å². The minimum Gasteiger partial charge on any atom is -0.328 e. The zero-order valence-corrected chi connectivity index (χ0v) is 12.9. The van der Waals surface area contributed by atoms with Gasteiger partial charge in [0.15, 0.2) is 0 Å². The van der Waals surface area contributed by atoms with Gasteiger partial charge in [0.1, 0.15) is 0 Å². The van der Waals surface area contributed by atoms with Crippen molar-refractivity contribution >= 4 is 22.6 Å². The third-order valence-electron chi connectivity index (χ3n) is 4.00. The summed E-state index contributed by atoms with van der Waals surface area (Å²) in [5, 5.41) is 0.733. The second-order valence-electron chi connectivity index (χ2n) is 5.38. The summed E-state index contributed by atoms with van der Waals surface area (Å²) in [5.74, 6) is 0. The van der Waals surface area contributed by atoms with Crippen LogP contribution < -0.4 is 5.73 Å². The van der Waals surface area contributed by atoms with E-state index in [1.807, 2.05) is 30.6 Å². The van der Waals surface area contributed by atoms with Crippen LogP contribution in [0.25, 0.3) is 11.0 Å². The van der Waals surface area contributed by atoms with Crippen LogP contribution in [0.5, 0.6) is 0 Å². The summed E-state index contributed by atoms with van der Waals surface area (Å²) in [4.78, 5) is 4.51. The molecule has 4 heteroatoms. The number of aryl methyl sites for hydroxylation is 2. The van der Waals surface area contributed by atoms with Crippen LogP contribution >= 0.6 is 11.6 Å². The van der Waals surface area contributed by atoms with E-state index >= 15 is 0 Å². The number of rotatable bonds is 3. The maximum absolute atomic E-state index is 6.01. The van der Waals surface area contributed by atoms with Gasteiger partial charge in [-0.05, 0) is 54.8 Å². The lowest BCUT2D eigenvalue weighted by Gasteiger charge is -2.18. The quantitative estimate of drug-likeness (QED) is 0.798. The van der Waals surface area contributed by atoms with Gasteiger partial charge in [-0.1, -0.05) is 23.7 Å². The molecule has 2 N–H and O–H groups in total. The molecule has 3 rings (SSSR count). The van der Waals surface area contributed by atoms with Crippen LogP contribution in [0.3, 0.4) is 0 Å². The Morgan fingerprint density at radius 1 is 1.14 bits per heavy atom. The average Bonchev–Trinajstić information content (AvgIpc) is 2.85. The molecule has 1 atom stereocenters. The van der Waals surface area contributed by atoms with Crippen molar-refractivity contribution in [3.63, 3.8) is 0 Å². The number of benzene rings is 2. The monoisotopic (exact) mass is 299 g/mol. The molecule has 21 heavy (non-hydrogen) atoms. The van der Waals surface area contributed by atoms with Crippen molar-refractivity contribution in [2.24, 2.45) is 5.73 Å². The molecular formula is C17H18ClN3. The molecule has 0 saturated carbocycles. The highest BCUT2D eigenvalue weighted by Gasteiger charge is 2.15. The number of nitrogens with two attached hydrogens (primary N) is 1.